The van der Waals surface area contributed by atoms with Gasteiger partial charge in [0.2, 0.25) is 0 Å². The fourth-order valence-corrected chi connectivity index (χ4v) is 2.99. The maximum absolute atomic E-state index is 11.1. The standard InChI is InChI=1S/C16H16N2O3/c17-10-11-3-6-15-12(8-11)9-14(21-15)5-4-13-2-1-7-18(13)16(19)20/h3,6,8-9,13H,1-2,4-5,7H2,(H,19,20)/t13-/m0/s1. The summed E-state index contributed by atoms with van der Waals surface area (Å²) in [5, 5.41) is 18.9. The van der Waals surface area contributed by atoms with E-state index < -0.39 is 6.09 Å². The molecule has 0 unspecified atom stereocenters. The van der Waals surface area contributed by atoms with Crippen LogP contribution in [-0.2, 0) is 6.42 Å². The van der Waals surface area contributed by atoms with Gasteiger partial charge in [-0.1, -0.05) is 0 Å². The number of amides is 1. The van der Waals surface area contributed by atoms with Crippen molar-refractivity contribution in [2.24, 2.45) is 0 Å². The van der Waals surface area contributed by atoms with Crippen molar-refractivity contribution in [1.29, 1.82) is 5.26 Å². The lowest BCUT2D eigenvalue weighted by atomic mass is 10.1. The number of aryl methyl sites for hydroxylation is 1. The van der Waals surface area contributed by atoms with E-state index in [2.05, 4.69) is 6.07 Å². The molecular weight excluding hydrogens is 268 g/mol. The van der Waals surface area contributed by atoms with Crippen molar-refractivity contribution in [2.45, 2.75) is 31.7 Å². The Morgan fingerprint density at radius 1 is 1.48 bits per heavy atom. The molecule has 0 aliphatic carbocycles. The molecular formula is C16H16N2O3. The molecule has 1 N–H and O–H groups in total. The van der Waals surface area contributed by atoms with Crippen LogP contribution in [0.15, 0.2) is 28.7 Å². The zero-order valence-electron chi connectivity index (χ0n) is 11.6. The Balaban J connectivity index is 1.71. The third-order valence-corrected chi connectivity index (χ3v) is 4.04. The van der Waals surface area contributed by atoms with E-state index in [4.69, 9.17) is 14.8 Å². The Bertz CT molecular complexity index is 714. The van der Waals surface area contributed by atoms with Gasteiger partial charge in [0, 0.05) is 24.4 Å². The number of carbonyl (C=O) groups is 1. The summed E-state index contributed by atoms with van der Waals surface area (Å²) >= 11 is 0. The molecule has 21 heavy (non-hydrogen) atoms. The van der Waals surface area contributed by atoms with Gasteiger partial charge >= 0.3 is 6.09 Å². The predicted molar refractivity (Wildman–Crippen MR) is 77.0 cm³/mol. The van der Waals surface area contributed by atoms with Crippen LogP contribution in [0, 0.1) is 11.3 Å². The van der Waals surface area contributed by atoms with E-state index in [1.165, 1.54) is 4.90 Å². The summed E-state index contributed by atoms with van der Waals surface area (Å²) in [6, 6.07) is 9.48. The van der Waals surface area contributed by atoms with E-state index >= 15 is 0 Å². The number of hydrogen-bond acceptors (Lipinski definition) is 3. The minimum Gasteiger partial charge on any atom is -0.465 e. The highest BCUT2D eigenvalue weighted by molar-refractivity contribution is 5.79. The highest BCUT2D eigenvalue weighted by Crippen LogP contribution is 2.25. The minimum atomic E-state index is -0.833. The van der Waals surface area contributed by atoms with E-state index in [9.17, 15) is 4.79 Å². The number of nitriles is 1. The van der Waals surface area contributed by atoms with Crippen LogP contribution in [0.25, 0.3) is 11.0 Å². The average molecular weight is 284 g/mol. The van der Waals surface area contributed by atoms with E-state index in [0.29, 0.717) is 18.5 Å². The third kappa shape index (κ3) is 2.70. The quantitative estimate of drug-likeness (QED) is 0.937. The maximum atomic E-state index is 11.1. The second kappa shape index (κ2) is 5.49. The van der Waals surface area contributed by atoms with Crippen molar-refractivity contribution in [2.75, 3.05) is 6.54 Å². The van der Waals surface area contributed by atoms with Crippen molar-refractivity contribution in [3.63, 3.8) is 0 Å². The molecule has 2 aromatic rings. The van der Waals surface area contributed by atoms with Gasteiger partial charge < -0.3 is 14.4 Å². The number of hydrogen-bond donors (Lipinski definition) is 1. The molecule has 3 rings (SSSR count). The summed E-state index contributed by atoms with van der Waals surface area (Å²) < 4.78 is 5.75. The Labute approximate surface area is 122 Å². The number of carboxylic acid groups (broad SMARTS) is 1. The summed E-state index contributed by atoms with van der Waals surface area (Å²) in [4.78, 5) is 12.6. The molecule has 5 heteroatoms. The van der Waals surface area contributed by atoms with Gasteiger partial charge in [-0.25, -0.2) is 4.79 Å². The first kappa shape index (κ1) is 13.5. The molecule has 108 valence electrons. The second-order valence-electron chi connectivity index (χ2n) is 5.39. The Morgan fingerprint density at radius 3 is 3.10 bits per heavy atom. The number of rotatable bonds is 3. The molecule has 5 nitrogen and oxygen atoms in total. The molecule has 1 aromatic carbocycles. The lowest BCUT2D eigenvalue weighted by molar-refractivity contribution is 0.138. The smallest absolute Gasteiger partial charge is 0.407 e. The molecule has 1 aliphatic rings. The lowest BCUT2D eigenvalue weighted by Gasteiger charge is -2.20. The number of nitrogens with zero attached hydrogens (tertiary/aromatic N) is 2. The first-order chi connectivity index (χ1) is 10.2. The van der Waals surface area contributed by atoms with Crippen LogP contribution in [0.1, 0.15) is 30.6 Å². The fourth-order valence-electron chi connectivity index (χ4n) is 2.99. The van der Waals surface area contributed by atoms with E-state index in [1.807, 2.05) is 6.07 Å². The SMILES string of the molecule is N#Cc1ccc2oc(CC[C@@H]3CCCN3C(=O)O)cc2c1. The van der Waals surface area contributed by atoms with Crippen LogP contribution in [0.5, 0.6) is 0 Å². The topological polar surface area (TPSA) is 77.5 Å². The number of likely N-dealkylation sites (tertiary alicyclic amines) is 1. The summed E-state index contributed by atoms with van der Waals surface area (Å²) in [5.41, 5.74) is 1.38. The van der Waals surface area contributed by atoms with Gasteiger partial charge in [-0.15, -0.1) is 0 Å². The van der Waals surface area contributed by atoms with Gasteiger partial charge in [-0.05, 0) is 43.5 Å². The Hall–Kier alpha value is -2.48. The highest BCUT2D eigenvalue weighted by atomic mass is 16.4. The largest absolute Gasteiger partial charge is 0.465 e. The van der Waals surface area contributed by atoms with Crippen LogP contribution in [0.3, 0.4) is 0 Å². The molecule has 1 atom stereocenters. The van der Waals surface area contributed by atoms with Crippen molar-refractivity contribution in [3.8, 4) is 6.07 Å². The van der Waals surface area contributed by atoms with Crippen molar-refractivity contribution >= 4 is 17.1 Å². The second-order valence-corrected chi connectivity index (χ2v) is 5.39. The van der Waals surface area contributed by atoms with Gasteiger partial charge in [0.25, 0.3) is 0 Å². The number of fused-ring (bicyclic) bond motifs is 1. The van der Waals surface area contributed by atoms with Crippen LogP contribution in [0.2, 0.25) is 0 Å². The fraction of sp³-hybridized carbons (Fsp3) is 0.375. The summed E-state index contributed by atoms with van der Waals surface area (Å²) in [7, 11) is 0. The molecule has 0 radical (unpaired) electrons. The summed E-state index contributed by atoms with van der Waals surface area (Å²) in [6.07, 6.45) is 2.51. The zero-order chi connectivity index (χ0) is 14.8. The minimum absolute atomic E-state index is 0.0883. The highest BCUT2D eigenvalue weighted by Gasteiger charge is 2.28. The van der Waals surface area contributed by atoms with Crippen molar-refractivity contribution in [3.05, 3.63) is 35.6 Å². The van der Waals surface area contributed by atoms with Crippen molar-refractivity contribution < 1.29 is 14.3 Å². The molecule has 0 saturated carbocycles. The molecule has 1 aliphatic heterocycles. The average Bonchev–Trinajstić information content (AvgIpc) is 3.10. The number of benzene rings is 1. The molecule has 1 fully saturated rings. The van der Waals surface area contributed by atoms with Crippen LogP contribution in [-0.4, -0.2) is 28.7 Å². The van der Waals surface area contributed by atoms with Crippen LogP contribution >= 0.6 is 0 Å². The first-order valence-electron chi connectivity index (χ1n) is 7.09. The van der Waals surface area contributed by atoms with Crippen LogP contribution in [0.4, 0.5) is 4.79 Å². The molecule has 2 heterocycles. The third-order valence-electron chi connectivity index (χ3n) is 4.04. The van der Waals surface area contributed by atoms with Gasteiger partial charge in [0.05, 0.1) is 11.6 Å². The lowest BCUT2D eigenvalue weighted by Crippen LogP contribution is -2.34. The Morgan fingerprint density at radius 2 is 2.33 bits per heavy atom. The normalized spacial score (nSPS) is 18.0. The van der Waals surface area contributed by atoms with Gasteiger partial charge in [0.15, 0.2) is 0 Å². The molecule has 0 spiro atoms. The Kier molecular flexibility index (Phi) is 3.53. The zero-order valence-corrected chi connectivity index (χ0v) is 11.6. The van der Waals surface area contributed by atoms with Crippen molar-refractivity contribution in [1.82, 2.24) is 4.90 Å². The monoisotopic (exact) mass is 284 g/mol. The molecule has 1 amide bonds. The van der Waals surface area contributed by atoms with Gasteiger partial charge in [-0.3, -0.25) is 0 Å². The summed E-state index contributed by atoms with van der Waals surface area (Å²) in [5.74, 6) is 0.845. The van der Waals surface area contributed by atoms with Gasteiger partial charge in [-0.2, -0.15) is 5.26 Å². The maximum Gasteiger partial charge on any atom is 0.407 e. The van der Waals surface area contributed by atoms with E-state index in [-0.39, 0.29) is 6.04 Å². The predicted octanol–water partition coefficient (Wildman–Crippen LogP) is 3.38. The number of furan rings is 1. The van der Waals surface area contributed by atoms with Crippen LogP contribution < -0.4 is 0 Å². The first-order valence-corrected chi connectivity index (χ1v) is 7.09. The van der Waals surface area contributed by atoms with E-state index in [1.54, 1.807) is 18.2 Å². The molecule has 0 bridgehead atoms. The molecule has 1 saturated heterocycles. The molecule has 1 aromatic heterocycles. The summed E-state index contributed by atoms with van der Waals surface area (Å²) in [6.45, 7) is 0.631. The van der Waals surface area contributed by atoms with Gasteiger partial charge in [0.1, 0.15) is 11.3 Å². The van der Waals surface area contributed by atoms with E-state index in [0.717, 1.165) is 36.0 Å².